The molecule has 19 heavy (non-hydrogen) atoms. The summed E-state index contributed by atoms with van der Waals surface area (Å²) in [6.07, 6.45) is 0. The van der Waals surface area contributed by atoms with Crippen molar-refractivity contribution in [2.75, 3.05) is 0 Å². The molecule has 0 bridgehead atoms. The predicted octanol–water partition coefficient (Wildman–Crippen LogP) is 3.80. The Kier molecular flexibility index (Phi) is 3.17. The first kappa shape index (κ1) is 13.7. The molecule has 0 unspecified atom stereocenters. The first-order chi connectivity index (χ1) is 8.76. The summed E-state index contributed by atoms with van der Waals surface area (Å²) < 4.78 is 10.3. The average molecular weight is 260 g/mol. The number of hydrogen-bond acceptors (Lipinski definition) is 3. The van der Waals surface area contributed by atoms with Gasteiger partial charge >= 0.3 is 5.82 Å². The van der Waals surface area contributed by atoms with E-state index in [-0.39, 0.29) is 10.8 Å². The van der Waals surface area contributed by atoms with Gasteiger partial charge in [0.2, 0.25) is 0 Å². The van der Waals surface area contributed by atoms with Gasteiger partial charge in [-0.05, 0) is 12.5 Å². The molecule has 3 nitrogen and oxygen atoms in total. The fraction of sp³-hybridized carbons (Fsp3) is 0.438. The van der Waals surface area contributed by atoms with Gasteiger partial charge in [0.05, 0.1) is 0 Å². The molecule has 0 spiro atoms. The van der Waals surface area contributed by atoms with E-state index in [1.165, 1.54) is 5.56 Å². The summed E-state index contributed by atoms with van der Waals surface area (Å²) in [4.78, 5) is 11.3. The molecule has 1 aromatic heterocycles. The van der Waals surface area contributed by atoms with E-state index in [2.05, 4.69) is 39.8 Å². The largest absolute Gasteiger partial charge is 0.519 e. The minimum atomic E-state index is -0.635. The van der Waals surface area contributed by atoms with Crippen molar-refractivity contribution in [1.29, 1.82) is 0 Å². The highest BCUT2D eigenvalue weighted by Crippen LogP contribution is 2.44. The Labute approximate surface area is 113 Å². The van der Waals surface area contributed by atoms with Crippen LogP contribution in [0.5, 0.6) is 0 Å². The lowest BCUT2D eigenvalue weighted by Gasteiger charge is -2.40. The van der Waals surface area contributed by atoms with Crippen LogP contribution in [-0.2, 0) is 10.8 Å². The zero-order valence-corrected chi connectivity index (χ0v) is 12.1. The van der Waals surface area contributed by atoms with E-state index in [1.807, 2.05) is 18.2 Å². The molecule has 0 amide bonds. The second-order valence-corrected chi connectivity index (χ2v) is 5.96. The lowest BCUT2D eigenvalue weighted by Crippen LogP contribution is -2.40. The average Bonchev–Trinajstić information content (AvgIpc) is 2.70. The fourth-order valence-electron chi connectivity index (χ4n) is 2.41. The first-order valence-electron chi connectivity index (χ1n) is 6.43. The second kappa shape index (κ2) is 4.41. The Bertz CT molecular complexity index is 615. The molecule has 0 aliphatic carbocycles. The molecule has 2 rings (SSSR count). The molecular weight excluding hydrogens is 240 g/mol. The van der Waals surface area contributed by atoms with Crippen molar-refractivity contribution in [2.24, 2.45) is 0 Å². The Morgan fingerprint density at radius 2 is 1.47 bits per heavy atom. The highest BCUT2D eigenvalue weighted by atomic mass is 16.6. The van der Waals surface area contributed by atoms with Crippen LogP contribution in [0.1, 0.15) is 44.8 Å². The monoisotopic (exact) mass is 260 g/mol. The molecule has 1 aromatic carbocycles. The lowest BCUT2D eigenvalue weighted by atomic mass is 9.63. The normalized spacial score (nSPS) is 12.7. The molecule has 0 aliphatic heterocycles. The smallest absolute Gasteiger partial charge is 0.396 e. The van der Waals surface area contributed by atoms with Gasteiger partial charge in [0.15, 0.2) is 5.76 Å². The van der Waals surface area contributed by atoms with Crippen molar-refractivity contribution < 1.29 is 8.83 Å². The quantitative estimate of drug-likeness (QED) is 0.843. The van der Waals surface area contributed by atoms with Crippen LogP contribution in [0, 0.1) is 6.92 Å². The van der Waals surface area contributed by atoms with E-state index in [9.17, 15) is 4.79 Å². The van der Waals surface area contributed by atoms with E-state index in [0.717, 1.165) is 0 Å². The molecule has 0 N–H and O–H groups in total. The van der Waals surface area contributed by atoms with Gasteiger partial charge in [0, 0.05) is 10.8 Å². The van der Waals surface area contributed by atoms with Crippen LogP contribution in [0.25, 0.3) is 0 Å². The molecule has 0 fully saturated rings. The van der Waals surface area contributed by atoms with E-state index < -0.39 is 5.82 Å². The molecule has 2 aromatic rings. The number of aryl methyl sites for hydroxylation is 1. The fourth-order valence-corrected chi connectivity index (χ4v) is 2.41. The summed E-state index contributed by atoms with van der Waals surface area (Å²) in [5, 5.41) is 0. The Morgan fingerprint density at radius 3 is 1.95 bits per heavy atom. The van der Waals surface area contributed by atoms with Gasteiger partial charge < -0.3 is 8.83 Å². The first-order valence-corrected chi connectivity index (χ1v) is 6.43. The zero-order chi connectivity index (χ0) is 14.3. The SMILES string of the molecule is Cc1oc(=O)oc1C(C)(C)C(C)(C)c1ccccc1. The van der Waals surface area contributed by atoms with Crippen molar-refractivity contribution in [3.8, 4) is 0 Å². The highest BCUT2D eigenvalue weighted by molar-refractivity contribution is 5.33. The maximum Gasteiger partial charge on any atom is 0.519 e. The van der Waals surface area contributed by atoms with Crippen molar-refractivity contribution in [1.82, 2.24) is 0 Å². The summed E-state index contributed by atoms with van der Waals surface area (Å²) in [6.45, 7) is 10.2. The van der Waals surface area contributed by atoms with Gasteiger partial charge in [-0.1, -0.05) is 58.0 Å². The molecule has 3 heteroatoms. The molecule has 0 aliphatic rings. The van der Waals surface area contributed by atoms with Gasteiger partial charge in [-0.2, -0.15) is 0 Å². The minimum Gasteiger partial charge on any atom is -0.396 e. The van der Waals surface area contributed by atoms with Crippen molar-refractivity contribution in [3.63, 3.8) is 0 Å². The van der Waals surface area contributed by atoms with Crippen LogP contribution in [0.2, 0.25) is 0 Å². The van der Waals surface area contributed by atoms with Crippen LogP contribution < -0.4 is 5.82 Å². The van der Waals surface area contributed by atoms with E-state index in [1.54, 1.807) is 6.92 Å². The van der Waals surface area contributed by atoms with Crippen molar-refractivity contribution in [3.05, 3.63) is 58.0 Å². The Morgan fingerprint density at radius 1 is 0.895 bits per heavy atom. The highest BCUT2D eigenvalue weighted by Gasteiger charge is 2.44. The van der Waals surface area contributed by atoms with Crippen LogP contribution >= 0.6 is 0 Å². The molecule has 102 valence electrons. The number of hydrogen-bond donors (Lipinski definition) is 0. The molecule has 0 atom stereocenters. The van der Waals surface area contributed by atoms with Gasteiger partial charge in [0.1, 0.15) is 5.76 Å². The maximum absolute atomic E-state index is 11.3. The maximum atomic E-state index is 11.3. The third-order valence-corrected chi connectivity index (χ3v) is 4.37. The number of benzene rings is 1. The van der Waals surface area contributed by atoms with E-state index in [4.69, 9.17) is 8.83 Å². The van der Waals surface area contributed by atoms with Crippen molar-refractivity contribution >= 4 is 0 Å². The Balaban J connectivity index is 2.55. The number of rotatable bonds is 3. The van der Waals surface area contributed by atoms with Crippen LogP contribution in [0.15, 0.2) is 44.0 Å². The van der Waals surface area contributed by atoms with Crippen molar-refractivity contribution in [2.45, 2.75) is 45.4 Å². The van der Waals surface area contributed by atoms with Gasteiger partial charge in [-0.15, -0.1) is 0 Å². The summed E-state index contributed by atoms with van der Waals surface area (Å²) in [5.74, 6) is 0.537. The molecule has 1 heterocycles. The molecule has 0 saturated carbocycles. The predicted molar refractivity (Wildman–Crippen MR) is 74.5 cm³/mol. The van der Waals surface area contributed by atoms with Crippen LogP contribution in [0.4, 0.5) is 0 Å². The second-order valence-electron chi connectivity index (χ2n) is 5.96. The lowest BCUT2D eigenvalue weighted by molar-refractivity contribution is 0.243. The van der Waals surface area contributed by atoms with E-state index in [0.29, 0.717) is 11.5 Å². The summed E-state index contributed by atoms with van der Waals surface area (Å²) >= 11 is 0. The van der Waals surface area contributed by atoms with Crippen LogP contribution in [-0.4, -0.2) is 0 Å². The topological polar surface area (TPSA) is 43.4 Å². The summed E-state index contributed by atoms with van der Waals surface area (Å²) in [7, 11) is 0. The molecular formula is C16H20O3. The molecule has 0 saturated heterocycles. The van der Waals surface area contributed by atoms with Gasteiger partial charge in [0.25, 0.3) is 0 Å². The molecule has 0 radical (unpaired) electrons. The summed E-state index contributed by atoms with van der Waals surface area (Å²) in [6, 6.07) is 10.2. The standard InChI is InChI=1S/C16H20O3/c1-11-13(19-14(17)18-11)16(4,5)15(2,3)12-9-7-6-8-10-12/h6-10H,1-5H3. The third kappa shape index (κ3) is 2.14. The minimum absolute atomic E-state index is 0.196. The zero-order valence-electron chi connectivity index (χ0n) is 12.1. The van der Waals surface area contributed by atoms with E-state index >= 15 is 0 Å². The van der Waals surface area contributed by atoms with Crippen LogP contribution in [0.3, 0.4) is 0 Å². The summed E-state index contributed by atoms with van der Waals surface area (Å²) in [5.41, 5.74) is 0.645. The van der Waals surface area contributed by atoms with Gasteiger partial charge in [-0.3, -0.25) is 0 Å². The third-order valence-electron chi connectivity index (χ3n) is 4.37. The Hall–Kier alpha value is -1.77. The van der Waals surface area contributed by atoms with Gasteiger partial charge in [-0.25, -0.2) is 4.79 Å².